The van der Waals surface area contributed by atoms with Crippen LogP contribution in [0.4, 0.5) is 5.69 Å². The minimum absolute atomic E-state index is 0. The molecule has 8 rings (SSSR count). The van der Waals surface area contributed by atoms with E-state index in [1.54, 1.807) is 0 Å². The molecule has 0 bridgehead atoms. The number of fused-ring (bicyclic) bond motifs is 3. The topological polar surface area (TPSA) is 42.1 Å². The Labute approximate surface area is 440 Å². The largest absolute Gasteiger partial charge is 2.00 e. The first-order valence-electron chi connectivity index (χ1n) is 25.2. The predicted molar refractivity (Wildman–Crippen MR) is 299 cm³/mol. The van der Waals surface area contributed by atoms with E-state index < -0.39 is 11.1 Å². The summed E-state index contributed by atoms with van der Waals surface area (Å²) in [6, 6.07) is 52.0. The van der Waals surface area contributed by atoms with E-state index in [0.717, 1.165) is 39.1 Å². The second-order valence-corrected chi connectivity index (χ2v) is 24.6. The summed E-state index contributed by atoms with van der Waals surface area (Å²) in [6.45, 7) is 39.1. The Morgan fingerprint density at radius 2 is 1.24 bits per heavy atom. The van der Waals surface area contributed by atoms with Gasteiger partial charge in [0.2, 0.25) is 0 Å². The molecule has 0 saturated heterocycles. The van der Waals surface area contributed by atoms with Gasteiger partial charge in [-0.15, -0.1) is 34.7 Å². The van der Waals surface area contributed by atoms with E-state index in [-0.39, 0.29) is 48.6 Å². The van der Waals surface area contributed by atoms with Crippen molar-refractivity contribution in [3.05, 3.63) is 184 Å². The number of aromatic nitrogens is 1. The summed E-state index contributed by atoms with van der Waals surface area (Å²) >= 11 is 0. The van der Waals surface area contributed by atoms with Crippen molar-refractivity contribution in [3.8, 4) is 11.5 Å². The van der Waals surface area contributed by atoms with Gasteiger partial charge in [0.25, 0.3) is 0 Å². The third-order valence-corrected chi connectivity index (χ3v) is 14.9. The zero-order valence-electron chi connectivity index (χ0n) is 45.5. The van der Waals surface area contributed by atoms with Crippen LogP contribution in [0.2, 0.25) is 0 Å². The summed E-state index contributed by atoms with van der Waals surface area (Å²) in [4.78, 5) is 13.3. The Balaban J connectivity index is 0.00000741. The van der Waals surface area contributed by atoms with Crippen LogP contribution in [0.3, 0.4) is 0 Å². The van der Waals surface area contributed by atoms with Crippen LogP contribution in [0.25, 0.3) is 21.8 Å². The van der Waals surface area contributed by atoms with E-state index in [1.807, 2.05) is 12.3 Å². The van der Waals surface area contributed by atoms with Gasteiger partial charge >= 0.3 is 21.1 Å². The molecule has 1 atom stereocenters. The summed E-state index contributed by atoms with van der Waals surface area (Å²) in [5.41, 5.74) is 11.4. The van der Waals surface area contributed by atoms with Gasteiger partial charge in [-0.25, -0.2) is 0 Å². The molecule has 0 fully saturated rings. The van der Waals surface area contributed by atoms with E-state index in [2.05, 4.69) is 261 Å². The van der Waals surface area contributed by atoms with Gasteiger partial charge in [-0.1, -0.05) is 192 Å². The van der Waals surface area contributed by atoms with Crippen molar-refractivity contribution in [2.75, 3.05) is 4.90 Å². The quantitative estimate of drug-likeness (QED) is 0.101. The number of ether oxygens (including phenoxy) is 1. The van der Waals surface area contributed by atoms with Crippen LogP contribution in [0.5, 0.6) is 11.5 Å². The molecule has 2 heterocycles. The van der Waals surface area contributed by atoms with Crippen molar-refractivity contribution in [2.45, 2.75) is 158 Å². The van der Waals surface area contributed by atoms with Gasteiger partial charge in [-0.2, -0.15) is 6.07 Å². The van der Waals surface area contributed by atoms with Gasteiger partial charge in [0, 0.05) is 34.8 Å². The minimum atomic E-state index is -0.599. The molecule has 1 aliphatic heterocycles. The number of anilines is 1. The fourth-order valence-corrected chi connectivity index (χ4v) is 9.91. The van der Waals surface area contributed by atoms with E-state index in [9.17, 15) is 0 Å². The Hall–Kier alpha value is -5.51. The fraction of sp³-hybridized carbons (Fsp3) is 0.385. The normalized spacial score (nSPS) is 16.8. The smallest absolute Gasteiger partial charge is 0.503 e. The van der Waals surface area contributed by atoms with Gasteiger partial charge in [0.1, 0.15) is 6.67 Å². The van der Waals surface area contributed by atoms with Crippen molar-refractivity contribution in [3.63, 3.8) is 0 Å². The van der Waals surface area contributed by atoms with Crippen molar-refractivity contribution >= 4 is 39.5 Å². The molecule has 0 radical (unpaired) electrons. The summed E-state index contributed by atoms with van der Waals surface area (Å²) in [5, 5.41) is 2.31. The first-order chi connectivity index (χ1) is 32.7. The van der Waals surface area contributed by atoms with Crippen LogP contribution in [0.15, 0.2) is 143 Å². The van der Waals surface area contributed by atoms with E-state index in [0.29, 0.717) is 18.2 Å². The minimum Gasteiger partial charge on any atom is -0.503 e. The molecule has 6 heteroatoms. The standard InChI is InChI=1S/C65H76N4O.Pt/c1-43-34-47(36-53(35-43)70-52-29-30-54-55-40-48(61(6,7)8)28-31-56(55)68(57(54)41-52)42-66-33-32-44(2)60(3,4)5)59-67-64(15,16)65(17,58(45-24-20-18-21-25-45)46-26-22-19-23-27-46)69(59)51-38-49(62(9,10)11)37-50(39-51)63(12,13)14;/h18-35,37-40,58H,42H2,1-17H3;/q-2;+2/b44-32+,66-33-;/t65-;/m0./s1. The first kappa shape index (κ1) is 53.3. The number of amidine groups is 1. The molecule has 5 nitrogen and oxygen atoms in total. The summed E-state index contributed by atoms with van der Waals surface area (Å²) in [7, 11) is 0. The Kier molecular flexibility index (Phi) is 14.6. The molecular weight excluding hydrogens is 1050 g/mol. The number of rotatable bonds is 10. The second-order valence-electron chi connectivity index (χ2n) is 24.6. The van der Waals surface area contributed by atoms with Crippen molar-refractivity contribution < 1.29 is 25.8 Å². The maximum Gasteiger partial charge on any atom is 2.00 e. The zero-order chi connectivity index (χ0) is 50.8. The van der Waals surface area contributed by atoms with Gasteiger partial charge in [0.15, 0.2) is 0 Å². The Morgan fingerprint density at radius 3 is 1.79 bits per heavy atom. The van der Waals surface area contributed by atoms with E-state index in [1.165, 1.54) is 38.8 Å². The average Bonchev–Trinajstić information content (AvgIpc) is 3.70. The van der Waals surface area contributed by atoms with Gasteiger partial charge in [-0.05, 0) is 107 Å². The number of aliphatic imine (C=N–C) groups is 2. The molecule has 372 valence electrons. The molecule has 0 amide bonds. The summed E-state index contributed by atoms with van der Waals surface area (Å²) in [5.74, 6) is 2.04. The van der Waals surface area contributed by atoms with E-state index >= 15 is 0 Å². The van der Waals surface area contributed by atoms with Crippen LogP contribution in [0, 0.1) is 24.5 Å². The number of nitrogens with zero attached hydrogens (tertiary/aromatic N) is 4. The molecule has 0 saturated carbocycles. The first-order valence-corrected chi connectivity index (χ1v) is 25.2. The maximum atomic E-state index is 6.90. The fourth-order valence-electron chi connectivity index (χ4n) is 9.91. The van der Waals surface area contributed by atoms with Crippen molar-refractivity contribution in [1.29, 1.82) is 0 Å². The van der Waals surface area contributed by atoms with Crippen molar-refractivity contribution in [1.82, 2.24) is 4.57 Å². The molecular formula is C65H76N4OPt. The maximum absolute atomic E-state index is 6.90. The summed E-state index contributed by atoms with van der Waals surface area (Å²) in [6.07, 6.45) is 4.07. The number of hydrogen-bond donors (Lipinski definition) is 0. The molecule has 1 aromatic heterocycles. The zero-order valence-corrected chi connectivity index (χ0v) is 47.8. The van der Waals surface area contributed by atoms with Crippen LogP contribution in [0.1, 0.15) is 156 Å². The molecule has 6 aromatic carbocycles. The predicted octanol–water partition coefficient (Wildman–Crippen LogP) is 17.0. The van der Waals surface area contributed by atoms with Crippen LogP contribution < -0.4 is 9.64 Å². The monoisotopic (exact) mass is 1120 g/mol. The molecule has 0 aliphatic carbocycles. The number of benzene rings is 6. The Bertz CT molecular complexity index is 3070. The summed E-state index contributed by atoms with van der Waals surface area (Å²) < 4.78 is 9.16. The third-order valence-electron chi connectivity index (χ3n) is 14.9. The SMILES string of the molecule is C/C(=C\C=N/Cn1c2[c-]c(Oc3[c-]c(C4=NC(C)(C)[C@](C)(C(c5ccccc5)c5ccccc5)N4c4cc(C(C)(C)C)cc(C(C)(C)C)c4)cc(C)c3)ccc2c2cc(C(C)(C)C)ccc21)C(C)(C)C.[Pt+2]. The Morgan fingerprint density at radius 1 is 0.662 bits per heavy atom. The molecule has 71 heavy (non-hydrogen) atoms. The van der Waals surface area contributed by atoms with E-state index in [4.69, 9.17) is 14.7 Å². The average molecular weight is 1120 g/mol. The van der Waals surface area contributed by atoms with Crippen molar-refractivity contribution in [2.24, 2.45) is 15.4 Å². The number of hydrogen-bond acceptors (Lipinski definition) is 4. The molecule has 0 unspecified atom stereocenters. The van der Waals surface area contributed by atoms with Crippen LogP contribution >= 0.6 is 0 Å². The van der Waals surface area contributed by atoms with Gasteiger partial charge in [-0.3, -0.25) is 4.99 Å². The molecule has 0 N–H and O–H groups in total. The molecule has 1 aliphatic rings. The van der Waals surface area contributed by atoms with Crippen LogP contribution in [-0.4, -0.2) is 27.7 Å². The molecule has 0 spiro atoms. The van der Waals surface area contributed by atoms with Gasteiger partial charge in [0.05, 0.1) is 16.9 Å². The number of allylic oxidation sites excluding steroid dienone is 2. The second kappa shape index (κ2) is 19.5. The number of aryl methyl sites for hydroxylation is 1. The van der Waals surface area contributed by atoms with Gasteiger partial charge < -0.3 is 19.2 Å². The molecule has 7 aromatic rings. The third kappa shape index (κ3) is 10.7. The van der Waals surface area contributed by atoms with Crippen LogP contribution in [-0.2, 0) is 44.0 Å².